The summed E-state index contributed by atoms with van der Waals surface area (Å²) >= 11 is 0. The highest BCUT2D eigenvalue weighted by Gasteiger charge is 2.07. The van der Waals surface area contributed by atoms with Crippen molar-refractivity contribution in [2.75, 3.05) is 7.11 Å². The number of esters is 1. The number of rotatable bonds is 5. The van der Waals surface area contributed by atoms with Crippen molar-refractivity contribution in [3.63, 3.8) is 0 Å². The van der Waals surface area contributed by atoms with Crippen LogP contribution in [0.4, 0.5) is 0 Å². The maximum Gasteiger partial charge on any atom is 0.305 e. The van der Waals surface area contributed by atoms with E-state index in [-0.39, 0.29) is 5.97 Å². The molecule has 0 aliphatic heterocycles. The Balaban J connectivity index is 2.05. The van der Waals surface area contributed by atoms with Gasteiger partial charge in [-0.15, -0.1) is 0 Å². The van der Waals surface area contributed by atoms with Crippen molar-refractivity contribution in [2.24, 2.45) is 0 Å². The number of nitrogens with zero attached hydrogens (tertiary/aromatic N) is 1. The molecule has 1 aromatic heterocycles. The number of carbonyl (C=O) groups is 2. The fraction of sp³-hybridized carbons (Fsp3) is 0.308. The number of aromatic nitrogens is 1. The smallest absolute Gasteiger partial charge is 0.305 e. The van der Waals surface area contributed by atoms with Gasteiger partial charge in [0, 0.05) is 18.4 Å². The fourth-order valence-corrected chi connectivity index (χ4v) is 1.66. The molecule has 0 bridgehead atoms. The second-order valence-corrected chi connectivity index (χ2v) is 3.88. The minimum atomic E-state index is -0.241. The Morgan fingerprint density at radius 2 is 2.33 bits per heavy atom. The first-order valence-electron chi connectivity index (χ1n) is 5.64. The molecule has 0 fully saturated rings. The topological polar surface area (TPSA) is 69.4 Å². The summed E-state index contributed by atoms with van der Waals surface area (Å²) in [5, 5.41) is 0. The molecule has 18 heavy (non-hydrogen) atoms. The Hall–Kier alpha value is -2.17. The van der Waals surface area contributed by atoms with Gasteiger partial charge < -0.3 is 9.15 Å². The van der Waals surface area contributed by atoms with Crippen LogP contribution in [-0.4, -0.2) is 24.3 Å². The van der Waals surface area contributed by atoms with Crippen molar-refractivity contribution in [3.8, 4) is 0 Å². The van der Waals surface area contributed by atoms with Gasteiger partial charge in [-0.05, 0) is 24.6 Å². The number of hydrogen-bond donors (Lipinski definition) is 0. The molecule has 0 spiro atoms. The third-order valence-corrected chi connectivity index (χ3v) is 2.59. The van der Waals surface area contributed by atoms with E-state index in [1.165, 1.54) is 7.11 Å². The van der Waals surface area contributed by atoms with Gasteiger partial charge in [-0.2, -0.15) is 0 Å². The first-order chi connectivity index (χ1) is 8.72. The molecule has 2 aromatic rings. The van der Waals surface area contributed by atoms with Gasteiger partial charge in [-0.25, -0.2) is 4.98 Å². The van der Waals surface area contributed by atoms with E-state index < -0.39 is 0 Å². The minimum absolute atomic E-state index is 0.241. The molecule has 5 heteroatoms. The molecule has 1 heterocycles. The van der Waals surface area contributed by atoms with Gasteiger partial charge >= 0.3 is 5.97 Å². The van der Waals surface area contributed by atoms with Crippen LogP contribution in [0.15, 0.2) is 22.6 Å². The van der Waals surface area contributed by atoms with Crippen LogP contribution in [-0.2, 0) is 16.0 Å². The molecule has 5 nitrogen and oxygen atoms in total. The Kier molecular flexibility index (Phi) is 3.72. The maximum atomic E-state index is 10.9. The van der Waals surface area contributed by atoms with E-state index in [0.29, 0.717) is 41.8 Å². The van der Waals surface area contributed by atoms with Crippen molar-refractivity contribution in [3.05, 3.63) is 29.7 Å². The lowest BCUT2D eigenvalue weighted by Gasteiger charge is -1.96. The van der Waals surface area contributed by atoms with Crippen molar-refractivity contribution >= 4 is 23.4 Å². The second-order valence-electron chi connectivity index (χ2n) is 3.88. The van der Waals surface area contributed by atoms with Crippen LogP contribution in [0.1, 0.15) is 29.1 Å². The zero-order valence-corrected chi connectivity index (χ0v) is 10.0. The molecule has 0 N–H and O–H groups in total. The van der Waals surface area contributed by atoms with Gasteiger partial charge in [0.1, 0.15) is 11.8 Å². The quantitative estimate of drug-likeness (QED) is 0.598. The van der Waals surface area contributed by atoms with E-state index >= 15 is 0 Å². The fourth-order valence-electron chi connectivity index (χ4n) is 1.66. The molecule has 0 aliphatic carbocycles. The van der Waals surface area contributed by atoms with Crippen molar-refractivity contribution in [1.82, 2.24) is 4.98 Å². The first kappa shape index (κ1) is 12.3. The van der Waals surface area contributed by atoms with Gasteiger partial charge in [0.2, 0.25) is 0 Å². The normalized spacial score (nSPS) is 10.5. The Bertz CT molecular complexity index is 573. The summed E-state index contributed by atoms with van der Waals surface area (Å²) in [6.07, 6.45) is 2.31. The number of carbonyl (C=O) groups excluding carboxylic acids is 2. The van der Waals surface area contributed by atoms with E-state index in [2.05, 4.69) is 9.72 Å². The standard InChI is InChI=1S/C13H13NO4/c1-17-13(16)4-2-3-12-14-10-7-9(8-15)5-6-11(10)18-12/h5-8H,2-4H2,1H3. The van der Waals surface area contributed by atoms with Crippen LogP contribution >= 0.6 is 0 Å². The summed E-state index contributed by atoms with van der Waals surface area (Å²) in [7, 11) is 1.36. The Morgan fingerprint density at radius 1 is 1.50 bits per heavy atom. The molecule has 0 amide bonds. The number of hydrogen-bond acceptors (Lipinski definition) is 5. The van der Waals surface area contributed by atoms with E-state index in [4.69, 9.17) is 4.42 Å². The molecular weight excluding hydrogens is 234 g/mol. The number of benzene rings is 1. The number of aldehydes is 1. The van der Waals surface area contributed by atoms with Crippen LogP contribution in [0.25, 0.3) is 11.1 Å². The molecule has 0 atom stereocenters. The van der Waals surface area contributed by atoms with E-state index in [1.807, 2.05) is 0 Å². The van der Waals surface area contributed by atoms with Gasteiger partial charge in [0.15, 0.2) is 11.5 Å². The molecule has 94 valence electrons. The molecular formula is C13H13NO4. The number of oxazole rings is 1. The highest BCUT2D eigenvalue weighted by Crippen LogP contribution is 2.17. The summed E-state index contributed by atoms with van der Waals surface area (Å²) in [6.45, 7) is 0. The third-order valence-electron chi connectivity index (χ3n) is 2.59. The van der Waals surface area contributed by atoms with Crippen molar-refractivity contribution in [2.45, 2.75) is 19.3 Å². The van der Waals surface area contributed by atoms with Gasteiger partial charge in [-0.3, -0.25) is 9.59 Å². The molecule has 1 aromatic carbocycles. The SMILES string of the molecule is COC(=O)CCCc1nc2cc(C=O)ccc2o1. The monoisotopic (exact) mass is 247 g/mol. The highest BCUT2D eigenvalue weighted by atomic mass is 16.5. The summed E-state index contributed by atoms with van der Waals surface area (Å²) in [6, 6.07) is 5.07. The molecule has 0 unspecified atom stereocenters. The largest absolute Gasteiger partial charge is 0.469 e. The van der Waals surface area contributed by atoms with Gasteiger partial charge in [0.25, 0.3) is 0 Å². The zero-order chi connectivity index (χ0) is 13.0. The zero-order valence-electron chi connectivity index (χ0n) is 10.0. The lowest BCUT2D eigenvalue weighted by Crippen LogP contribution is -2.00. The molecule has 2 rings (SSSR count). The van der Waals surface area contributed by atoms with Crippen molar-refractivity contribution in [1.29, 1.82) is 0 Å². The predicted molar refractivity (Wildman–Crippen MR) is 64.4 cm³/mol. The van der Waals surface area contributed by atoms with E-state index in [1.54, 1.807) is 18.2 Å². The van der Waals surface area contributed by atoms with Crippen LogP contribution in [0, 0.1) is 0 Å². The number of ether oxygens (including phenoxy) is 1. The molecule has 0 radical (unpaired) electrons. The summed E-state index contributed by atoms with van der Waals surface area (Å²) < 4.78 is 10.1. The number of aryl methyl sites for hydroxylation is 1. The third kappa shape index (κ3) is 2.74. The van der Waals surface area contributed by atoms with Gasteiger partial charge in [0.05, 0.1) is 7.11 Å². The average molecular weight is 247 g/mol. The molecule has 0 aliphatic rings. The predicted octanol–water partition coefficient (Wildman–Crippen LogP) is 2.14. The Labute approximate surface area is 104 Å². The Morgan fingerprint density at radius 3 is 3.06 bits per heavy atom. The molecule has 0 saturated carbocycles. The van der Waals surface area contributed by atoms with Crippen LogP contribution < -0.4 is 0 Å². The summed E-state index contributed by atoms with van der Waals surface area (Å²) in [5.41, 5.74) is 1.87. The van der Waals surface area contributed by atoms with Crippen LogP contribution in [0.5, 0.6) is 0 Å². The second kappa shape index (κ2) is 5.44. The lowest BCUT2D eigenvalue weighted by molar-refractivity contribution is -0.140. The average Bonchev–Trinajstić information content (AvgIpc) is 2.79. The highest BCUT2D eigenvalue weighted by molar-refractivity contribution is 5.83. The molecule has 0 saturated heterocycles. The van der Waals surface area contributed by atoms with Crippen LogP contribution in [0.3, 0.4) is 0 Å². The maximum absolute atomic E-state index is 10.9. The van der Waals surface area contributed by atoms with E-state index in [9.17, 15) is 9.59 Å². The lowest BCUT2D eigenvalue weighted by atomic mass is 10.2. The summed E-state index contributed by atoms with van der Waals surface area (Å²) in [4.78, 5) is 25.8. The number of fused-ring (bicyclic) bond motifs is 1. The van der Waals surface area contributed by atoms with Gasteiger partial charge in [-0.1, -0.05) is 0 Å². The van der Waals surface area contributed by atoms with Crippen LogP contribution in [0.2, 0.25) is 0 Å². The summed E-state index contributed by atoms with van der Waals surface area (Å²) in [5.74, 6) is 0.325. The first-order valence-corrected chi connectivity index (χ1v) is 5.64. The van der Waals surface area contributed by atoms with E-state index in [0.717, 1.165) is 6.29 Å². The number of methoxy groups -OCH3 is 1. The van der Waals surface area contributed by atoms with Crippen molar-refractivity contribution < 1.29 is 18.7 Å². The minimum Gasteiger partial charge on any atom is -0.469 e.